The molecule has 1 aromatic heterocycles. The molecule has 3 aromatic rings. The predicted octanol–water partition coefficient (Wildman–Crippen LogP) is 0.950. The number of carbonyl (C=O) groups excluding carboxylic acids is 3. The molecular formula is C29H35N5O7. The largest absolute Gasteiger partial charge is 0.481 e. The highest BCUT2D eigenvalue weighted by molar-refractivity contribution is 5.95. The van der Waals surface area contributed by atoms with Gasteiger partial charge in [-0.25, -0.2) is 4.79 Å². The summed E-state index contributed by atoms with van der Waals surface area (Å²) in [7, 11) is 0. The van der Waals surface area contributed by atoms with Crippen LogP contribution in [0.1, 0.15) is 31.4 Å². The highest BCUT2D eigenvalue weighted by Gasteiger charge is 2.32. The first kappa shape index (κ1) is 30.8. The van der Waals surface area contributed by atoms with Crippen molar-refractivity contribution < 1.29 is 34.2 Å². The molecule has 0 spiro atoms. The van der Waals surface area contributed by atoms with E-state index in [9.17, 15) is 29.1 Å². The van der Waals surface area contributed by atoms with E-state index in [1.807, 2.05) is 24.3 Å². The molecule has 0 bridgehead atoms. The van der Waals surface area contributed by atoms with E-state index in [0.717, 1.165) is 10.9 Å². The topological polar surface area (TPSA) is 204 Å². The van der Waals surface area contributed by atoms with Gasteiger partial charge < -0.3 is 36.9 Å². The number of carbonyl (C=O) groups is 5. The molecule has 12 nitrogen and oxygen atoms in total. The first-order valence-corrected chi connectivity index (χ1v) is 13.2. The number of fused-ring (bicyclic) bond motifs is 1. The zero-order chi connectivity index (χ0) is 30.1. The number of hydrogen-bond donors (Lipinski definition) is 7. The Bertz CT molecular complexity index is 1390. The molecule has 0 aliphatic carbocycles. The van der Waals surface area contributed by atoms with E-state index in [1.54, 1.807) is 50.4 Å². The number of aliphatic carboxylic acids is 2. The Balaban J connectivity index is 1.76. The number of nitrogens with two attached hydrogens (primary N) is 1. The number of rotatable bonds is 14. The number of aromatic amines is 1. The molecular weight excluding hydrogens is 530 g/mol. The molecule has 3 amide bonds. The van der Waals surface area contributed by atoms with Crippen molar-refractivity contribution in [3.63, 3.8) is 0 Å². The van der Waals surface area contributed by atoms with Crippen LogP contribution in [0.2, 0.25) is 0 Å². The first-order chi connectivity index (χ1) is 19.5. The summed E-state index contributed by atoms with van der Waals surface area (Å²) in [5.74, 6) is -5.19. The number of carboxylic acids is 2. The smallest absolute Gasteiger partial charge is 0.326 e. The fourth-order valence-corrected chi connectivity index (χ4v) is 4.39. The maximum Gasteiger partial charge on any atom is 0.326 e. The molecule has 0 saturated carbocycles. The Morgan fingerprint density at radius 2 is 1.44 bits per heavy atom. The lowest BCUT2D eigenvalue weighted by Crippen LogP contribution is -2.59. The maximum atomic E-state index is 13.4. The summed E-state index contributed by atoms with van der Waals surface area (Å²) >= 11 is 0. The van der Waals surface area contributed by atoms with Crippen LogP contribution >= 0.6 is 0 Å². The van der Waals surface area contributed by atoms with Gasteiger partial charge in [0.05, 0.1) is 12.5 Å². The molecule has 0 aliphatic rings. The SMILES string of the molecule is CC(C)C(NC(=O)C(Cc1ccccc1)NC(=O)C(N)CC(=O)O)C(=O)NC(Cc1c[nH]c2ccccc12)C(=O)O. The van der Waals surface area contributed by atoms with Gasteiger partial charge in [0.15, 0.2) is 0 Å². The number of aromatic nitrogens is 1. The van der Waals surface area contributed by atoms with Crippen LogP contribution < -0.4 is 21.7 Å². The van der Waals surface area contributed by atoms with Crippen molar-refractivity contribution in [2.45, 2.75) is 57.3 Å². The van der Waals surface area contributed by atoms with Gasteiger partial charge in [-0.15, -0.1) is 0 Å². The fraction of sp³-hybridized carbons (Fsp3) is 0.345. The minimum Gasteiger partial charge on any atom is -0.481 e. The molecule has 4 unspecified atom stereocenters. The Morgan fingerprint density at radius 1 is 0.805 bits per heavy atom. The van der Waals surface area contributed by atoms with Gasteiger partial charge in [-0.05, 0) is 23.1 Å². The van der Waals surface area contributed by atoms with Crippen molar-refractivity contribution in [1.82, 2.24) is 20.9 Å². The molecule has 2 aromatic carbocycles. The quantitative estimate of drug-likeness (QED) is 0.150. The Morgan fingerprint density at radius 3 is 2.07 bits per heavy atom. The lowest BCUT2D eigenvalue weighted by Gasteiger charge is -2.27. The summed E-state index contributed by atoms with van der Waals surface area (Å²) in [5.41, 5.74) is 7.93. The summed E-state index contributed by atoms with van der Waals surface area (Å²) in [4.78, 5) is 65.4. The molecule has 4 atom stereocenters. The van der Waals surface area contributed by atoms with E-state index in [1.165, 1.54) is 0 Å². The first-order valence-electron chi connectivity index (χ1n) is 13.2. The zero-order valence-corrected chi connectivity index (χ0v) is 22.8. The lowest BCUT2D eigenvalue weighted by molar-refractivity contribution is -0.142. The van der Waals surface area contributed by atoms with Crippen molar-refractivity contribution in [2.24, 2.45) is 11.7 Å². The third kappa shape index (κ3) is 8.64. The van der Waals surface area contributed by atoms with E-state index >= 15 is 0 Å². The summed E-state index contributed by atoms with van der Waals surface area (Å²) < 4.78 is 0. The fourth-order valence-electron chi connectivity index (χ4n) is 4.39. The summed E-state index contributed by atoms with van der Waals surface area (Å²) in [6.07, 6.45) is 1.12. The highest BCUT2D eigenvalue weighted by atomic mass is 16.4. The van der Waals surface area contributed by atoms with Crippen LogP contribution in [0.15, 0.2) is 60.8 Å². The summed E-state index contributed by atoms with van der Waals surface area (Å²) in [5, 5.41) is 27.3. The molecule has 8 N–H and O–H groups in total. The van der Waals surface area contributed by atoms with Gasteiger partial charge in [0.1, 0.15) is 18.1 Å². The van der Waals surface area contributed by atoms with Gasteiger partial charge >= 0.3 is 11.9 Å². The number of para-hydroxylation sites is 1. The molecule has 218 valence electrons. The van der Waals surface area contributed by atoms with Gasteiger partial charge in [0, 0.05) is 29.9 Å². The summed E-state index contributed by atoms with van der Waals surface area (Å²) in [6.45, 7) is 3.38. The van der Waals surface area contributed by atoms with Crippen LogP contribution in [-0.4, -0.2) is 69.0 Å². The van der Waals surface area contributed by atoms with Crippen molar-refractivity contribution in [3.8, 4) is 0 Å². The van der Waals surface area contributed by atoms with Crippen molar-refractivity contribution in [1.29, 1.82) is 0 Å². The normalized spacial score (nSPS) is 14.0. The highest BCUT2D eigenvalue weighted by Crippen LogP contribution is 2.19. The lowest BCUT2D eigenvalue weighted by atomic mass is 9.99. The second-order valence-electron chi connectivity index (χ2n) is 10.1. The van der Waals surface area contributed by atoms with Gasteiger partial charge in [-0.2, -0.15) is 0 Å². The number of nitrogens with one attached hydrogen (secondary N) is 4. The third-order valence-electron chi connectivity index (χ3n) is 6.61. The van der Waals surface area contributed by atoms with Gasteiger partial charge in [0.2, 0.25) is 17.7 Å². The molecule has 0 radical (unpaired) electrons. The number of hydrogen-bond acceptors (Lipinski definition) is 6. The van der Waals surface area contributed by atoms with E-state index in [0.29, 0.717) is 11.1 Å². The Labute approximate surface area is 236 Å². The molecule has 3 rings (SSSR count). The van der Waals surface area contributed by atoms with Gasteiger partial charge in [-0.1, -0.05) is 62.4 Å². The second kappa shape index (κ2) is 14.1. The van der Waals surface area contributed by atoms with Crippen molar-refractivity contribution in [2.75, 3.05) is 0 Å². The van der Waals surface area contributed by atoms with Crippen molar-refractivity contribution in [3.05, 3.63) is 71.9 Å². The zero-order valence-electron chi connectivity index (χ0n) is 22.8. The minimum atomic E-state index is -1.39. The van der Waals surface area contributed by atoms with Crippen LogP contribution in [0, 0.1) is 5.92 Å². The molecule has 0 fully saturated rings. The van der Waals surface area contributed by atoms with E-state index in [4.69, 9.17) is 10.8 Å². The average molecular weight is 566 g/mol. The van der Waals surface area contributed by atoms with Crippen LogP contribution in [0.4, 0.5) is 0 Å². The van der Waals surface area contributed by atoms with Crippen LogP contribution in [0.5, 0.6) is 0 Å². The maximum absolute atomic E-state index is 13.4. The molecule has 12 heteroatoms. The monoisotopic (exact) mass is 565 g/mol. The Hall–Kier alpha value is -4.71. The van der Waals surface area contributed by atoms with E-state index in [2.05, 4.69) is 20.9 Å². The Kier molecular flexibility index (Phi) is 10.6. The number of H-pyrrole nitrogens is 1. The third-order valence-corrected chi connectivity index (χ3v) is 6.61. The number of amides is 3. The molecule has 0 aliphatic heterocycles. The molecule has 41 heavy (non-hydrogen) atoms. The van der Waals surface area contributed by atoms with E-state index in [-0.39, 0.29) is 12.8 Å². The number of benzene rings is 2. The van der Waals surface area contributed by atoms with Crippen LogP contribution in [0.25, 0.3) is 10.9 Å². The predicted molar refractivity (Wildman–Crippen MR) is 151 cm³/mol. The second-order valence-corrected chi connectivity index (χ2v) is 10.1. The van der Waals surface area contributed by atoms with Crippen molar-refractivity contribution >= 4 is 40.6 Å². The van der Waals surface area contributed by atoms with Crippen LogP contribution in [0.3, 0.4) is 0 Å². The number of carboxylic acid groups (broad SMARTS) is 2. The summed E-state index contributed by atoms with van der Waals surface area (Å²) in [6, 6.07) is 11.2. The molecule has 0 saturated heterocycles. The average Bonchev–Trinajstić information content (AvgIpc) is 3.33. The van der Waals surface area contributed by atoms with E-state index < -0.39 is 66.2 Å². The minimum absolute atomic E-state index is 0.0119. The van der Waals surface area contributed by atoms with Gasteiger partial charge in [-0.3, -0.25) is 19.2 Å². The standard InChI is InChI=1S/C29H35N5O7/c1-16(2)25(28(39)33-23(29(40)41)13-18-15-31-21-11-7-6-10-19(18)21)34-27(38)22(12-17-8-4-3-5-9-17)32-26(37)20(30)14-24(35)36/h3-11,15-16,20,22-23,25,31H,12-14,30H2,1-2H3,(H,32,37)(H,33,39)(H,34,38)(H,35,36)(H,40,41). The van der Waals surface area contributed by atoms with Gasteiger partial charge in [0.25, 0.3) is 0 Å². The van der Waals surface area contributed by atoms with Crippen LogP contribution in [-0.2, 0) is 36.8 Å². The molecule has 1 heterocycles.